The van der Waals surface area contributed by atoms with Crippen LogP contribution in [0.15, 0.2) is 36.5 Å². The lowest BCUT2D eigenvalue weighted by Crippen LogP contribution is -2.35. The van der Waals surface area contributed by atoms with Crippen molar-refractivity contribution >= 4 is 17.4 Å². The Labute approximate surface area is 155 Å². The van der Waals surface area contributed by atoms with Gasteiger partial charge in [0.25, 0.3) is 5.91 Å². The highest BCUT2D eigenvalue weighted by molar-refractivity contribution is 6.06. The first kappa shape index (κ1) is 17.1. The van der Waals surface area contributed by atoms with Crippen LogP contribution in [-0.2, 0) is 6.42 Å². The number of hydrogen-bond acceptors (Lipinski definition) is 3. The number of anilines is 2. The minimum Gasteiger partial charge on any atom is -0.357 e. The van der Waals surface area contributed by atoms with Gasteiger partial charge in [-0.1, -0.05) is 26.0 Å². The number of carbonyl (C=O) groups excluding carboxylic acids is 1. The first-order chi connectivity index (χ1) is 12.6. The number of nitrogens with zero attached hydrogens (tertiary/aromatic N) is 3. The number of benzene rings is 1. The van der Waals surface area contributed by atoms with E-state index in [-0.39, 0.29) is 5.91 Å². The van der Waals surface area contributed by atoms with E-state index in [1.807, 2.05) is 17.0 Å². The molecule has 0 spiro atoms. The van der Waals surface area contributed by atoms with Gasteiger partial charge in [0.1, 0.15) is 5.82 Å². The van der Waals surface area contributed by atoms with Crippen LogP contribution in [0.1, 0.15) is 60.5 Å². The van der Waals surface area contributed by atoms with Gasteiger partial charge in [-0.05, 0) is 60.9 Å². The summed E-state index contributed by atoms with van der Waals surface area (Å²) >= 11 is 0. The Morgan fingerprint density at radius 2 is 1.85 bits per heavy atom. The average Bonchev–Trinajstić information content (AvgIpc) is 3.21. The van der Waals surface area contributed by atoms with Crippen LogP contribution in [0.4, 0.5) is 11.5 Å². The van der Waals surface area contributed by atoms with Gasteiger partial charge in [0, 0.05) is 31.5 Å². The highest BCUT2D eigenvalue weighted by atomic mass is 16.2. The van der Waals surface area contributed by atoms with E-state index in [0.717, 1.165) is 44.0 Å². The predicted octanol–water partition coefficient (Wildman–Crippen LogP) is 4.40. The summed E-state index contributed by atoms with van der Waals surface area (Å²) in [5.74, 6) is 1.55. The molecular weight excluding hydrogens is 322 g/mol. The molecule has 0 radical (unpaired) electrons. The third-order valence-electron chi connectivity index (χ3n) is 5.56. The molecule has 1 fully saturated rings. The summed E-state index contributed by atoms with van der Waals surface area (Å²) in [6, 6.07) is 10.5. The number of hydrogen-bond donors (Lipinski definition) is 0. The normalized spacial score (nSPS) is 16.9. The SMILES string of the molecule is CC(C)c1ccc2c(c1)CCCN2C(=O)c1ccc(N2CCCC2)nc1. The summed E-state index contributed by atoms with van der Waals surface area (Å²) in [7, 11) is 0. The van der Waals surface area contributed by atoms with E-state index in [1.165, 1.54) is 24.0 Å². The second kappa shape index (κ2) is 7.10. The highest BCUT2D eigenvalue weighted by Crippen LogP contribution is 2.31. The van der Waals surface area contributed by atoms with E-state index in [1.54, 1.807) is 6.20 Å². The van der Waals surface area contributed by atoms with Crippen LogP contribution in [0, 0.1) is 0 Å². The fourth-order valence-electron chi connectivity index (χ4n) is 3.99. The van der Waals surface area contributed by atoms with E-state index >= 15 is 0 Å². The van der Waals surface area contributed by atoms with Gasteiger partial charge in [-0.25, -0.2) is 4.98 Å². The number of amides is 1. The zero-order chi connectivity index (χ0) is 18.1. The summed E-state index contributed by atoms with van der Waals surface area (Å²) in [4.78, 5) is 21.9. The van der Waals surface area contributed by atoms with E-state index in [0.29, 0.717) is 11.5 Å². The third kappa shape index (κ3) is 3.20. The molecule has 1 amide bonds. The molecule has 2 aliphatic rings. The van der Waals surface area contributed by atoms with Gasteiger partial charge < -0.3 is 9.80 Å². The largest absolute Gasteiger partial charge is 0.357 e. The molecule has 0 saturated carbocycles. The zero-order valence-electron chi connectivity index (χ0n) is 15.7. The molecule has 4 rings (SSSR count). The Kier molecular flexibility index (Phi) is 4.66. The first-order valence-electron chi connectivity index (χ1n) is 9.79. The quantitative estimate of drug-likeness (QED) is 0.824. The Morgan fingerprint density at radius 1 is 1.04 bits per heavy atom. The lowest BCUT2D eigenvalue weighted by molar-refractivity contribution is 0.0985. The van der Waals surface area contributed by atoms with Crippen molar-refractivity contribution in [1.82, 2.24) is 4.98 Å². The molecule has 0 unspecified atom stereocenters. The number of carbonyl (C=O) groups is 1. The number of rotatable bonds is 3. The Bertz CT molecular complexity index is 792. The molecule has 0 aliphatic carbocycles. The smallest absolute Gasteiger partial charge is 0.259 e. The van der Waals surface area contributed by atoms with Gasteiger partial charge in [-0.15, -0.1) is 0 Å². The van der Waals surface area contributed by atoms with Crippen LogP contribution in [0.5, 0.6) is 0 Å². The summed E-state index contributed by atoms with van der Waals surface area (Å²) in [5.41, 5.74) is 4.37. The molecule has 2 aliphatic heterocycles. The van der Waals surface area contributed by atoms with Crippen LogP contribution < -0.4 is 9.80 Å². The number of fused-ring (bicyclic) bond motifs is 1. The molecule has 0 N–H and O–H groups in total. The van der Waals surface area contributed by atoms with Gasteiger partial charge >= 0.3 is 0 Å². The minimum absolute atomic E-state index is 0.0590. The number of aromatic nitrogens is 1. The van der Waals surface area contributed by atoms with Crippen LogP contribution in [0.25, 0.3) is 0 Å². The highest BCUT2D eigenvalue weighted by Gasteiger charge is 2.24. The molecular formula is C22H27N3O. The average molecular weight is 349 g/mol. The van der Waals surface area contributed by atoms with Crippen molar-refractivity contribution < 1.29 is 4.79 Å². The molecule has 136 valence electrons. The molecule has 3 heterocycles. The lowest BCUT2D eigenvalue weighted by Gasteiger charge is -2.30. The van der Waals surface area contributed by atoms with Crippen LogP contribution in [0.2, 0.25) is 0 Å². The van der Waals surface area contributed by atoms with Crippen molar-refractivity contribution in [2.45, 2.75) is 45.4 Å². The van der Waals surface area contributed by atoms with Crippen molar-refractivity contribution in [2.75, 3.05) is 29.4 Å². The summed E-state index contributed by atoms with van der Waals surface area (Å²) in [6.07, 6.45) is 6.26. The fourth-order valence-corrected chi connectivity index (χ4v) is 3.99. The Hall–Kier alpha value is -2.36. The van der Waals surface area contributed by atoms with Crippen LogP contribution >= 0.6 is 0 Å². The molecule has 0 bridgehead atoms. The predicted molar refractivity (Wildman–Crippen MR) is 106 cm³/mol. The van der Waals surface area contributed by atoms with Gasteiger partial charge in [-0.3, -0.25) is 4.79 Å². The summed E-state index contributed by atoms with van der Waals surface area (Å²) in [5, 5.41) is 0. The van der Waals surface area contributed by atoms with Crippen molar-refractivity contribution in [3.63, 3.8) is 0 Å². The van der Waals surface area contributed by atoms with E-state index < -0.39 is 0 Å². The standard InChI is InChI=1S/C22H27N3O/c1-16(2)17-7-9-20-18(14-17)6-5-13-25(20)22(26)19-8-10-21(23-15-19)24-11-3-4-12-24/h7-10,14-16H,3-6,11-13H2,1-2H3. The second-order valence-electron chi connectivity index (χ2n) is 7.70. The lowest BCUT2D eigenvalue weighted by atomic mass is 9.94. The maximum Gasteiger partial charge on any atom is 0.259 e. The van der Waals surface area contributed by atoms with E-state index in [4.69, 9.17) is 0 Å². The summed E-state index contributed by atoms with van der Waals surface area (Å²) < 4.78 is 0. The Morgan fingerprint density at radius 3 is 2.54 bits per heavy atom. The van der Waals surface area contributed by atoms with E-state index in [2.05, 4.69) is 41.9 Å². The molecule has 2 aromatic rings. The monoisotopic (exact) mass is 349 g/mol. The molecule has 26 heavy (non-hydrogen) atoms. The Balaban J connectivity index is 1.57. The van der Waals surface area contributed by atoms with Gasteiger partial charge in [-0.2, -0.15) is 0 Å². The molecule has 1 aromatic heterocycles. The second-order valence-corrected chi connectivity index (χ2v) is 7.70. The van der Waals surface area contributed by atoms with Crippen molar-refractivity contribution in [1.29, 1.82) is 0 Å². The molecule has 4 nitrogen and oxygen atoms in total. The fraction of sp³-hybridized carbons (Fsp3) is 0.455. The van der Waals surface area contributed by atoms with Gasteiger partial charge in [0.15, 0.2) is 0 Å². The zero-order valence-corrected chi connectivity index (χ0v) is 15.7. The number of pyridine rings is 1. The van der Waals surface area contributed by atoms with Crippen molar-refractivity contribution in [3.05, 3.63) is 53.2 Å². The van der Waals surface area contributed by atoms with E-state index in [9.17, 15) is 4.79 Å². The molecule has 1 saturated heterocycles. The summed E-state index contributed by atoms with van der Waals surface area (Å²) in [6.45, 7) is 7.33. The van der Waals surface area contributed by atoms with Gasteiger partial charge in [0.2, 0.25) is 0 Å². The van der Waals surface area contributed by atoms with Crippen LogP contribution in [-0.4, -0.2) is 30.5 Å². The van der Waals surface area contributed by atoms with Crippen molar-refractivity contribution in [3.8, 4) is 0 Å². The topological polar surface area (TPSA) is 36.4 Å². The van der Waals surface area contributed by atoms with Gasteiger partial charge in [0.05, 0.1) is 5.56 Å². The number of aryl methyl sites for hydroxylation is 1. The maximum atomic E-state index is 13.1. The molecule has 0 atom stereocenters. The van der Waals surface area contributed by atoms with Crippen molar-refractivity contribution in [2.24, 2.45) is 0 Å². The molecule has 4 heteroatoms. The third-order valence-corrected chi connectivity index (χ3v) is 5.56. The van der Waals surface area contributed by atoms with Crippen LogP contribution in [0.3, 0.4) is 0 Å². The first-order valence-corrected chi connectivity index (χ1v) is 9.79. The maximum absolute atomic E-state index is 13.1. The molecule has 1 aromatic carbocycles. The minimum atomic E-state index is 0.0590.